The molecule has 0 bridgehead atoms. The van der Waals surface area contributed by atoms with Crippen LogP contribution in [0, 0.1) is 5.82 Å². The average molecular weight is 281 g/mol. The van der Waals surface area contributed by atoms with Gasteiger partial charge in [0.15, 0.2) is 17.7 Å². The Labute approximate surface area is 118 Å². The number of amides is 1. The number of aliphatic hydroxyl groups excluding tert-OH is 1. The Bertz CT molecular complexity index is 484. The summed E-state index contributed by atoms with van der Waals surface area (Å²) < 4.78 is 19.3. The monoisotopic (exact) mass is 281 g/mol. The van der Waals surface area contributed by atoms with Crippen LogP contribution in [0.3, 0.4) is 0 Å². The molecule has 1 aromatic carbocycles. The van der Waals surface area contributed by atoms with Crippen LogP contribution in [-0.2, 0) is 4.79 Å². The average Bonchev–Trinajstić information content (AvgIpc) is 2.93. The number of rotatable bonds is 4. The standard InChI is InChI=1S/C15H20FNO3/c1-10(18)12-5-6-14(13(16)9-12)20-11(2)15(19)17-7-3-4-8-17/h5-6,9-11,18H,3-4,7-8H2,1-2H3. The first-order valence-corrected chi connectivity index (χ1v) is 6.92. The molecular weight excluding hydrogens is 261 g/mol. The van der Waals surface area contributed by atoms with Crippen molar-refractivity contribution in [3.05, 3.63) is 29.6 Å². The van der Waals surface area contributed by atoms with Crippen LogP contribution in [0.15, 0.2) is 18.2 Å². The molecule has 110 valence electrons. The van der Waals surface area contributed by atoms with E-state index in [1.165, 1.54) is 12.1 Å². The van der Waals surface area contributed by atoms with E-state index in [2.05, 4.69) is 0 Å². The molecule has 2 atom stereocenters. The van der Waals surface area contributed by atoms with Crippen LogP contribution in [0.2, 0.25) is 0 Å². The van der Waals surface area contributed by atoms with E-state index in [1.54, 1.807) is 24.8 Å². The smallest absolute Gasteiger partial charge is 0.263 e. The second-order valence-electron chi connectivity index (χ2n) is 5.16. The molecule has 2 unspecified atom stereocenters. The molecule has 1 N–H and O–H groups in total. The van der Waals surface area contributed by atoms with Crippen LogP contribution >= 0.6 is 0 Å². The molecule has 5 heteroatoms. The molecule has 0 aliphatic carbocycles. The molecule has 1 saturated heterocycles. The summed E-state index contributed by atoms with van der Waals surface area (Å²) in [5.74, 6) is -0.638. The zero-order valence-corrected chi connectivity index (χ0v) is 11.8. The van der Waals surface area contributed by atoms with Crippen molar-refractivity contribution in [1.29, 1.82) is 0 Å². The summed E-state index contributed by atoms with van der Waals surface area (Å²) >= 11 is 0. The number of carbonyl (C=O) groups excluding carboxylic acids is 1. The molecule has 1 aliphatic heterocycles. The van der Waals surface area contributed by atoms with Crippen LogP contribution < -0.4 is 4.74 Å². The number of carbonyl (C=O) groups is 1. The lowest BCUT2D eigenvalue weighted by Gasteiger charge is -2.21. The van der Waals surface area contributed by atoms with Gasteiger partial charge in [0.05, 0.1) is 6.10 Å². The predicted molar refractivity (Wildman–Crippen MR) is 72.9 cm³/mol. The minimum Gasteiger partial charge on any atom is -0.478 e. The van der Waals surface area contributed by atoms with E-state index in [4.69, 9.17) is 4.74 Å². The maximum atomic E-state index is 13.9. The molecule has 0 aromatic heterocycles. The van der Waals surface area contributed by atoms with Crippen molar-refractivity contribution in [1.82, 2.24) is 4.90 Å². The first-order valence-electron chi connectivity index (χ1n) is 6.92. The summed E-state index contributed by atoms with van der Waals surface area (Å²) in [5, 5.41) is 9.38. The van der Waals surface area contributed by atoms with Crippen molar-refractivity contribution in [2.45, 2.75) is 38.9 Å². The number of aliphatic hydroxyl groups is 1. The molecule has 0 saturated carbocycles. The van der Waals surface area contributed by atoms with E-state index in [1.807, 2.05) is 0 Å². The van der Waals surface area contributed by atoms with E-state index >= 15 is 0 Å². The summed E-state index contributed by atoms with van der Waals surface area (Å²) in [6.45, 7) is 4.68. The van der Waals surface area contributed by atoms with Gasteiger partial charge in [-0.25, -0.2) is 4.39 Å². The third-order valence-corrected chi connectivity index (χ3v) is 3.51. The summed E-state index contributed by atoms with van der Waals surface area (Å²) in [6, 6.07) is 4.27. The molecule has 4 nitrogen and oxygen atoms in total. The number of ether oxygens (including phenoxy) is 1. The Morgan fingerprint density at radius 2 is 2.00 bits per heavy atom. The van der Waals surface area contributed by atoms with E-state index in [0.29, 0.717) is 5.56 Å². The van der Waals surface area contributed by atoms with Crippen LogP contribution in [0.5, 0.6) is 5.75 Å². The van der Waals surface area contributed by atoms with E-state index in [-0.39, 0.29) is 11.7 Å². The SMILES string of the molecule is CC(Oc1ccc(C(C)O)cc1F)C(=O)N1CCCC1. The van der Waals surface area contributed by atoms with Crippen LogP contribution in [0.1, 0.15) is 38.4 Å². The molecule has 2 rings (SSSR count). The molecule has 1 fully saturated rings. The normalized spacial score (nSPS) is 17.9. The van der Waals surface area contributed by atoms with Gasteiger partial charge < -0.3 is 14.7 Å². The number of likely N-dealkylation sites (tertiary alicyclic amines) is 1. The molecular formula is C15H20FNO3. The van der Waals surface area contributed by atoms with Crippen molar-refractivity contribution in [2.24, 2.45) is 0 Å². The molecule has 1 aromatic rings. The lowest BCUT2D eigenvalue weighted by molar-refractivity contribution is -0.136. The molecule has 1 amide bonds. The molecule has 20 heavy (non-hydrogen) atoms. The molecule has 1 heterocycles. The fraction of sp³-hybridized carbons (Fsp3) is 0.533. The number of halogens is 1. The van der Waals surface area contributed by atoms with Crippen molar-refractivity contribution < 1.29 is 19.0 Å². The molecule has 0 spiro atoms. The highest BCUT2D eigenvalue weighted by Gasteiger charge is 2.25. The second-order valence-corrected chi connectivity index (χ2v) is 5.16. The van der Waals surface area contributed by atoms with Gasteiger partial charge in [-0.1, -0.05) is 6.07 Å². The highest BCUT2D eigenvalue weighted by molar-refractivity contribution is 5.81. The lowest BCUT2D eigenvalue weighted by Crippen LogP contribution is -2.38. The van der Waals surface area contributed by atoms with Gasteiger partial charge in [0.25, 0.3) is 5.91 Å². The number of nitrogens with zero attached hydrogens (tertiary/aromatic N) is 1. The Morgan fingerprint density at radius 3 is 2.55 bits per heavy atom. The van der Waals surface area contributed by atoms with Gasteiger partial charge in [-0.05, 0) is 44.4 Å². The van der Waals surface area contributed by atoms with Crippen molar-refractivity contribution >= 4 is 5.91 Å². The Balaban J connectivity index is 2.03. The summed E-state index contributed by atoms with van der Waals surface area (Å²) in [7, 11) is 0. The Hall–Kier alpha value is -1.62. The lowest BCUT2D eigenvalue weighted by atomic mass is 10.1. The fourth-order valence-electron chi connectivity index (χ4n) is 2.31. The summed E-state index contributed by atoms with van der Waals surface area (Å²) in [4.78, 5) is 13.8. The van der Waals surface area contributed by atoms with Gasteiger partial charge in [0.2, 0.25) is 0 Å². The predicted octanol–water partition coefficient (Wildman–Crippen LogP) is 2.27. The van der Waals surface area contributed by atoms with Gasteiger partial charge in [0.1, 0.15) is 0 Å². The second kappa shape index (κ2) is 6.22. The van der Waals surface area contributed by atoms with Crippen molar-refractivity contribution in [2.75, 3.05) is 13.1 Å². The van der Waals surface area contributed by atoms with Crippen molar-refractivity contribution in [3.63, 3.8) is 0 Å². The van der Waals surface area contributed by atoms with Crippen LogP contribution in [0.4, 0.5) is 4.39 Å². The van der Waals surface area contributed by atoms with Gasteiger partial charge in [-0.15, -0.1) is 0 Å². The first-order chi connectivity index (χ1) is 9.49. The maximum absolute atomic E-state index is 13.9. The van der Waals surface area contributed by atoms with E-state index in [0.717, 1.165) is 25.9 Å². The van der Waals surface area contributed by atoms with Gasteiger partial charge in [-0.2, -0.15) is 0 Å². The molecule has 1 aliphatic rings. The van der Waals surface area contributed by atoms with Gasteiger partial charge in [0, 0.05) is 13.1 Å². The van der Waals surface area contributed by atoms with Crippen molar-refractivity contribution in [3.8, 4) is 5.75 Å². The molecule has 0 radical (unpaired) electrons. The minimum absolute atomic E-state index is 0.0365. The Morgan fingerprint density at radius 1 is 1.35 bits per heavy atom. The zero-order valence-electron chi connectivity index (χ0n) is 11.8. The van der Waals surface area contributed by atoms with Gasteiger partial charge >= 0.3 is 0 Å². The third kappa shape index (κ3) is 3.28. The third-order valence-electron chi connectivity index (χ3n) is 3.51. The fourth-order valence-corrected chi connectivity index (χ4v) is 2.31. The highest BCUT2D eigenvalue weighted by atomic mass is 19.1. The summed E-state index contributed by atoms with van der Waals surface area (Å²) in [6.07, 6.45) is 0.577. The topological polar surface area (TPSA) is 49.8 Å². The number of hydrogen-bond acceptors (Lipinski definition) is 3. The largest absolute Gasteiger partial charge is 0.478 e. The first kappa shape index (κ1) is 14.8. The van der Waals surface area contributed by atoms with Crippen LogP contribution in [-0.4, -0.2) is 35.1 Å². The van der Waals surface area contributed by atoms with E-state index < -0.39 is 18.0 Å². The van der Waals surface area contributed by atoms with E-state index in [9.17, 15) is 14.3 Å². The summed E-state index contributed by atoms with van der Waals surface area (Å²) in [5.41, 5.74) is 0.480. The zero-order chi connectivity index (χ0) is 14.7. The highest BCUT2D eigenvalue weighted by Crippen LogP contribution is 2.23. The number of hydrogen-bond donors (Lipinski definition) is 1. The van der Waals surface area contributed by atoms with Gasteiger partial charge in [-0.3, -0.25) is 4.79 Å². The Kier molecular flexibility index (Phi) is 4.60. The number of benzene rings is 1. The quantitative estimate of drug-likeness (QED) is 0.921. The van der Waals surface area contributed by atoms with Crippen LogP contribution in [0.25, 0.3) is 0 Å². The minimum atomic E-state index is -0.734. The maximum Gasteiger partial charge on any atom is 0.263 e.